The zero-order valence-corrected chi connectivity index (χ0v) is 12.4. The zero-order chi connectivity index (χ0) is 15.4. The van der Waals surface area contributed by atoms with Gasteiger partial charge in [0.15, 0.2) is 0 Å². The Morgan fingerprint density at radius 2 is 2.10 bits per heavy atom. The third-order valence-corrected chi connectivity index (χ3v) is 3.81. The smallest absolute Gasteiger partial charge is 0.259 e. The van der Waals surface area contributed by atoms with Crippen LogP contribution in [0, 0.1) is 0 Å². The lowest BCUT2D eigenvalue weighted by Gasteiger charge is -2.38. The highest BCUT2D eigenvalue weighted by Crippen LogP contribution is 2.24. The van der Waals surface area contributed by atoms with Crippen molar-refractivity contribution in [3.63, 3.8) is 0 Å². The number of likely N-dealkylation sites (N-methyl/N-ethyl adjacent to an activating group) is 1. The summed E-state index contributed by atoms with van der Waals surface area (Å²) in [5.74, 6) is -0.622. The van der Waals surface area contributed by atoms with Crippen molar-refractivity contribution in [3.8, 4) is 0 Å². The first-order valence-electron chi connectivity index (χ1n) is 6.99. The van der Waals surface area contributed by atoms with Crippen LogP contribution in [-0.4, -0.2) is 73.8 Å². The molecule has 7 heteroatoms. The Labute approximate surface area is 123 Å². The van der Waals surface area contributed by atoms with Crippen molar-refractivity contribution < 1.29 is 18.4 Å². The number of hydrogen-bond acceptors (Lipinski definition) is 4. The fraction of sp³-hybridized carbons (Fsp3) is 0.643. The third-order valence-electron chi connectivity index (χ3n) is 3.81. The van der Waals surface area contributed by atoms with E-state index in [-0.39, 0.29) is 18.9 Å². The number of nitrogens with zero attached hydrogens (tertiary/aromatic N) is 3. The molecule has 0 aromatic heterocycles. The summed E-state index contributed by atoms with van der Waals surface area (Å²) >= 11 is 0. The second-order valence-corrected chi connectivity index (χ2v) is 5.24. The zero-order valence-electron chi connectivity index (χ0n) is 12.4. The maximum atomic E-state index is 13.4. The van der Waals surface area contributed by atoms with Crippen molar-refractivity contribution in [1.82, 2.24) is 14.9 Å². The van der Waals surface area contributed by atoms with Crippen LogP contribution in [0.1, 0.15) is 6.42 Å². The lowest BCUT2D eigenvalue weighted by molar-refractivity contribution is -0.170. The molecule has 1 atom stereocenters. The lowest BCUT2D eigenvalue weighted by atomic mass is 10.1. The van der Waals surface area contributed by atoms with E-state index in [0.717, 1.165) is 6.08 Å². The molecule has 118 valence electrons. The Kier molecular flexibility index (Phi) is 5.30. The van der Waals surface area contributed by atoms with Crippen molar-refractivity contribution in [3.05, 3.63) is 23.7 Å². The minimum absolute atomic E-state index is 0.111. The highest BCUT2D eigenvalue weighted by atomic mass is 19.1. The third kappa shape index (κ3) is 4.25. The summed E-state index contributed by atoms with van der Waals surface area (Å²) in [7, 11) is 3.02. The van der Waals surface area contributed by atoms with Crippen LogP contribution in [0.15, 0.2) is 23.7 Å². The molecular weight excluding hydrogens is 280 g/mol. The quantitative estimate of drug-likeness (QED) is 0.729. The van der Waals surface area contributed by atoms with E-state index in [1.165, 1.54) is 18.2 Å². The molecule has 0 N–H and O–H groups in total. The molecule has 1 amide bonds. The van der Waals surface area contributed by atoms with Crippen LogP contribution in [-0.2, 0) is 9.63 Å². The van der Waals surface area contributed by atoms with Crippen molar-refractivity contribution in [1.29, 1.82) is 0 Å². The molecule has 1 saturated heterocycles. The first-order valence-corrected chi connectivity index (χ1v) is 6.99. The van der Waals surface area contributed by atoms with E-state index in [2.05, 4.69) is 0 Å². The first kappa shape index (κ1) is 15.9. The molecule has 2 aliphatic rings. The number of carbonyl (C=O) groups is 1. The maximum Gasteiger partial charge on any atom is 0.259 e. The fourth-order valence-corrected chi connectivity index (χ4v) is 2.50. The maximum absolute atomic E-state index is 13.4. The Bertz CT molecular complexity index is 446. The van der Waals surface area contributed by atoms with Gasteiger partial charge in [-0.3, -0.25) is 14.5 Å². The van der Waals surface area contributed by atoms with Gasteiger partial charge < -0.3 is 4.90 Å². The summed E-state index contributed by atoms with van der Waals surface area (Å²) in [5.41, 5.74) is 0.697. The van der Waals surface area contributed by atoms with E-state index in [0.29, 0.717) is 31.9 Å². The van der Waals surface area contributed by atoms with Gasteiger partial charge in [0.05, 0.1) is 13.7 Å². The highest BCUT2D eigenvalue weighted by Gasteiger charge is 2.24. The molecule has 0 spiro atoms. The summed E-state index contributed by atoms with van der Waals surface area (Å²) in [6.07, 6.45) is 1.37. The van der Waals surface area contributed by atoms with Crippen LogP contribution in [0.5, 0.6) is 0 Å². The number of piperazine rings is 1. The van der Waals surface area contributed by atoms with Gasteiger partial charge in [-0.05, 0) is 12.2 Å². The molecule has 1 unspecified atom stereocenters. The topological polar surface area (TPSA) is 36.0 Å². The van der Waals surface area contributed by atoms with Gasteiger partial charge in [0.25, 0.3) is 5.91 Å². The molecule has 2 rings (SSSR count). The SMILES string of the molecule is CON(C)C(=O)CN1CCN(C2=CC(F)=CC(F)C2)CC1. The normalized spacial score (nSPS) is 23.6. The molecular formula is C14H21F2N3O2. The number of alkyl halides is 1. The summed E-state index contributed by atoms with van der Waals surface area (Å²) < 4.78 is 26.6. The molecule has 0 bridgehead atoms. The second kappa shape index (κ2) is 7.00. The Morgan fingerprint density at radius 1 is 1.43 bits per heavy atom. The minimum Gasteiger partial charge on any atom is -0.372 e. The Hall–Kier alpha value is -1.47. The van der Waals surface area contributed by atoms with E-state index in [1.807, 2.05) is 9.80 Å². The molecule has 1 fully saturated rings. The van der Waals surface area contributed by atoms with Crippen LogP contribution >= 0.6 is 0 Å². The number of amides is 1. The fourth-order valence-electron chi connectivity index (χ4n) is 2.50. The van der Waals surface area contributed by atoms with Crippen LogP contribution in [0.3, 0.4) is 0 Å². The molecule has 0 aromatic rings. The minimum atomic E-state index is -1.25. The standard InChI is InChI=1S/C14H21F2N3O2/c1-17(21-2)14(20)10-18-3-5-19(6-4-18)13-8-11(15)7-12(16)9-13/h7-8,12H,3-6,9-10H2,1-2H3. The molecule has 0 saturated carbocycles. The predicted octanol–water partition coefficient (Wildman–Crippen LogP) is 1.10. The van der Waals surface area contributed by atoms with Gasteiger partial charge >= 0.3 is 0 Å². The number of rotatable bonds is 4. The molecule has 0 radical (unpaired) electrons. The average Bonchev–Trinajstić information content (AvgIpc) is 2.46. The van der Waals surface area contributed by atoms with E-state index in [4.69, 9.17) is 4.84 Å². The molecule has 1 heterocycles. The number of allylic oxidation sites excluding steroid dienone is 4. The second-order valence-electron chi connectivity index (χ2n) is 5.24. The number of hydrogen-bond donors (Lipinski definition) is 0. The van der Waals surface area contributed by atoms with Crippen molar-refractivity contribution in [2.24, 2.45) is 0 Å². The largest absolute Gasteiger partial charge is 0.372 e. The Balaban J connectivity index is 1.84. The van der Waals surface area contributed by atoms with Gasteiger partial charge in [0.2, 0.25) is 0 Å². The number of halogens is 2. The Morgan fingerprint density at radius 3 is 2.67 bits per heavy atom. The van der Waals surface area contributed by atoms with E-state index in [1.54, 1.807) is 7.05 Å². The van der Waals surface area contributed by atoms with Crippen molar-refractivity contribution >= 4 is 5.91 Å². The van der Waals surface area contributed by atoms with E-state index in [9.17, 15) is 13.6 Å². The van der Waals surface area contributed by atoms with Gasteiger partial charge in [0, 0.05) is 45.3 Å². The van der Waals surface area contributed by atoms with Crippen LogP contribution in [0.2, 0.25) is 0 Å². The lowest BCUT2D eigenvalue weighted by Crippen LogP contribution is -2.49. The number of carbonyl (C=O) groups excluding carboxylic acids is 1. The summed E-state index contributed by atoms with van der Waals surface area (Å²) in [6.45, 7) is 2.98. The van der Waals surface area contributed by atoms with Gasteiger partial charge in [-0.2, -0.15) is 0 Å². The molecule has 1 aliphatic heterocycles. The summed E-state index contributed by atoms with van der Waals surface area (Å²) in [6, 6.07) is 0. The van der Waals surface area contributed by atoms with Crippen molar-refractivity contribution in [2.45, 2.75) is 12.6 Å². The van der Waals surface area contributed by atoms with E-state index < -0.39 is 12.0 Å². The summed E-state index contributed by atoms with van der Waals surface area (Å²) in [5, 5.41) is 1.20. The monoisotopic (exact) mass is 301 g/mol. The van der Waals surface area contributed by atoms with Gasteiger partial charge in [0.1, 0.15) is 12.0 Å². The predicted molar refractivity (Wildman–Crippen MR) is 74.6 cm³/mol. The van der Waals surface area contributed by atoms with E-state index >= 15 is 0 Å². The summed E-state index contributed by atoms with van der Waals surface area (Å²) in [4.78, 5) is 20.6. The average molecular weight is 301 g/mol. The van der Waals surface area contributed by atoms with Gasteiger partial charge in [-0.25, -0.2) is 13.8 Å². The van der Waals surface area contributed by atoms with Gasteiger partial charge in [-0.1, -0.05) is 0 Å². The first-order chi connectivity index (χ1) is 9.99. The molecule has 21 heavy (non-hydrogen) atoms. The van der Waals surface area contributed by atoms with Crippen molar-refractivity contribution in [2.75, 3.05) is 46.9 Å². The molecule has 5 nitrogen and oxygen atoms in total. The van der Waals surface area contributed by atoms with Crippen LogP contribution < -0.4 is 0 Å². The molecule has 0 aromatic carbocycles. The highest BCUT2D eigenvalue weighted by molar-refractivity contribution is 5.76. The van der Waals surface area contributed by atoms with Crippen LogP contribution in [0.4, 0.5) is 8.78 Å². The van der Waals surface area contributed by atoms with Crippen LogP contribution in [0.25, 0.3) is 0 Å². The molecule has 1 aliphatic carbocycles. The number of hydroxylamine groups is 2. The van der Waals surface area contributed by atoms with Gasteiger partial charge in [-0.15, -0.1) is 0 Å².